The highest BCUT2D eigenvalue weighted by Crippen LogP contribution is 2.26. The van der Waals surface area contributed by atoms with Crippen molar-refractivity contribution >= 4 is 11.9 Å². The molecule has 15 nitrogen and oxygen atoms in total. The third-order valence-electron chi connectivity index (χ3n) is 10.9. The second-order valence-electron chi connectivity index (χ2n) is 16.2. The zero-order valence-corrected chi connectivity index (χ0v) is 36.4. The van der Waals surface area contributed by atoms with E-state index in [1.165, 1.54) is 38.5 Å². The fourth-order valence-corrected chi connectivity index (χ4v) is 7.01. The van der Waals surface area contributed by atoms with Crippen LogP contribution in [0.25, 0.3) is 0 Å². The molecule has 0 spiro atoms. The highest BCUT2D eigenvalue weighted by Gasteiger charge is 2.47. The van der Waals surface area contributed by atoms with Crippen molar-refractivity contribution < 1.29 is 73.8 Å². The van der Waals surface area contributed by atoms with E-state index in [4.69, 9.17) is 28.4 Å². The van der Waals surface area contributed by atoms with Crippen molar-refractivity contribution in [3.63, 3.8) is 0 Å². The molecule has 0 saturated carbocycles. The lowest BCUT2D eigenvalue weighted by molar-refractivity contribution is -0.332. The van der Waals surface area contributed by atoms with Gasteiger partial charge in [0.1, 0.15) is 55.4 Å². The highest BCUT2D eigenvalue weighted by atomic mass is 16.7. The zero-order chi connectivity index (χ0) is 44.0. The molecule has 0 aromatic carbocycles. The number of rotatable bonds is 34. The minimum atomic E-state index is -1.76. The van der Waals surface area contributed by atoms with Crippen LogP contribution in [0.2, 0.25) is 0 Å². The van der Waals surface area contributed by atoms with Crippen LogP contribution >= 0.6 is 0 Å². The first-order chi connectivity index (χ1) is 29.0. The number of allylic oxidation sites excluding steroid dienone is 4. The Labute approximate surface area is 358 Å². The van der Waals surface area contributed by atoms with Crippen molar-refractivity contribution in [2.75, 3.05) is 26.4 Å². The van der Waals surface area contributed by atoms with Crippen LogP contribution < -0.4 is 0 Å². The largest absolute Gasteiger partial charge is 0.462 e. The van der Waals surface area contributed by atoms with Gasteiger partial charge in [0.05, 0.1) is 19.8 Å². The van der Waals surface area contributed by atoms with Gasteiger partial charge in [0.15, 0.2) is 18.7 Å². The Balaban J connectivity index is 1.87. The van der Waals surface area contributed by atoms with Gasteiger partial charge < -0.3 is 64.2 Å². The van der Waals surface area contributed by atoms with E-state index in [9.17, 15) is 45.3 Å². The van der Waals surface area contributed by atoms with Crippen LogP contribution in [0.4, 0.5) is 0 Å². The van der Waals surface area contributed by atoms with Crippen LogP contribution in [-0.2, 0) is 38.0 Å². The number of hydrogen-bond donors (Lipinski definition) is 7. The van der Waals surface area contributed by atoms with E-state index in [1.54, 1.807) is 0 Å². The van der Waals surface area contributed by atoms with Crippen LogP contribution in [-0.4, -0.2) is 142 Å². The number of ether oxygens (including phenoxy) is 6. The molecule has 2 aliphatic heterocycles. The first-order valence-corrected chi connectivity index (χ1v) is 22.9. The fourth-order valence-electron chi connectivity index (χ4n) is 7.01. The van der Waals surface area contributed by atoms with Crippen LogP contribution in [0.5, 0.6) is 0 Å². The lowest BCUT2D eigenvalue weighted by Gasteiger charge is -2.42. The number of hydrogen-bond acceptors (Lipinski definition) is 15. The molecule has 11 unspecified atom stereocenters. The summed E-state index contributed by atoms with van der Waals surface area (Å²) in [6.45, 7) is 2.49. The molecule has 60 heavy (non-hydrogen) atoms. The Morgan fingerprint density at radius 1 is 0.517 bits per heavy atom. The molecule has 0 aliphatic carbocycles. The molecular weight excluding hydrogens is 780 g/mol. The first-order valence-electron chi connectivity index (χ1n) is 22.9. The molecular formula is C45H80O15. The van der Waals surface area contributed by atoms with E-state index in [1.807, 2.05) is 0 Å². The first kappa shape index (κ1) is 54.1. The molecule has 0 amide bonds. The van der Waals surface area contributed by atoms with Crippen LogP contribution in [0, 0.1) is 0 Å². The average Bonchev–Trinajstić information content (AvgIpc) is 3.24. The number of aliphatic hydroxyl groups excluding tert-OH is 7. The molecule has 0 aromatic rings. The van der Waals surface area contributed by atoms with Crippen molar-refractivity contribution in [2.45, 2.75) is 223 Å². The SMILES string of the molecule is CCCC/C=C\CCCCCCCC(=O)OCC(COC1OC(COC2OC(CO)C(O)C(O)C2O)C(O)C(O)C1O)OC(=O)CCCCCCC/C=C\CCCCCC. The fraction of sp³-hybridized carbons (Fsp3) is 0.867. The molecule has 350 valence electrons. The molecule has 0 aromatic heterocycles. The average molecular weight is 861 g/mol. The molecule has 2 saturated heterocycles. The van der Waals surface area contributed by atoms with E-state index in [0.29, 0.717) is 12.8 Å². The number of esters is 2. The van der Waals surface area contributed by atoms with Gasteiger partial charge in [-0.2, -0.15) is 0 Å². The van der Waals surface area contributed by atoms with Gasteiger partial charge in [0, 0.05) is 12.8 Å². The predicted octanol–water partition coefficient (Wildman–Crippen LogP) is 4.82. The molecule has 11 atom stereocenters. The van der Waals surface area contributed by atoms with Gasteiger partial charge in [-0.25, -0.2) is 0 Å². The molecule has 0 bridgehead atoms. The standard InChI is InChI=1S/C45H80O15/c1-3-5-7-9-11-13-15-16-18-20-22-24-26-28-37(48)58-33(30-55-36(47)27-25-23-21-19-17-14-12-10-8-6-4-2)31-56-44-43(54)41(52)39(50)35(60-44)32-57-45-42(53)40(51)38(49)34(29-46)59-45/h10,12-13,15,33-35,38-46,49-54H,3-9,11,14,16-32H2,1-2H3/b12-10-,15-13-. The monoisotopic (exact) mass is 861 g/mol. The topological polar surface area (TPSA) is 231 Å². The van der Waals surface area contributed by atoms with Gasteiger partial charge in [-0.3, -0.25) is 9.59 Å². The summed E-state index contributed by atoms with van der Waals surface area (Å²) in [7, 11) is 0. The summed E-state index contributed by atoms with van der Waals surface area (Å²) < 4.78 is 33.4. The lowest BCUT2D eigenvalue weighted by atomic mass is 9.98. The smallest absolute Gasteiger partial charge is 0.306 e. The Morgan fingerprint density at radius 3 is 1.52 bits per heavy atom. The van der Waals surface area contributed by atoms with E-state index in [0.717, 1.165) is 77.0 Å². The summed E-state index contributed by atoms with van der Waals surface area (Å²) in [6, 6.07) is 0. The number of unbranched alkanes of at least 4 members (excludes halogenated alkanes) is 16. The summed E-state index contributed by atoms with van der Waals surface area (Å²) in [5.74, 6) is -0.948. The summed E-state index contributed by atoms with van der Waals surface area (Å²) in [5, 5.41) is 71.8. The molecule has 2 aliphatic rings. The number of carbonyl (C=O) groups is 2. The summed E-state index contributed by atoms with van der Waals surface area (Å²) in [6.07, 6.45) is 13.7. The molecule has 2 fully saturated rings. The third-order valence-corrected chi connectivity index (χ3v) is 10.9. The van der Waals surface area contributed by atoms with Gasteiger partial charge in [0.2, 0.25) is 0 Å². The number of aliphatic hydroxyl groups is 7. The van der Waals surface area contributed by atoms with Crippen molar-refractivity contribution in [2.24, 2.45) is 0 Å². The van der Waals surface area contributed by atoms with E-state index < -0.39 is 92.7 Å². The lowest BCUT2D eigenvalue weighted by Crippen LogP contribution is -2.61. The second-order valence-corrected chi connectivity index (χ2v) is 16.2. The van der Waals surface area contributed by atoms with Gasteiger partial charge in [-0.05, 0) is 57.8 Å². The second kappa shape index (κ2) is 33.5. The Morgan fingerprint density at radius 2 is 0.967 bits per heavy atom. The maximum atomic E-state index is 12.9. The van der Waals surface area contributed by atoms with Crippen LogP contribution in [0.15, 0.2) is 24.3 Å². The minimum absolute atomic E-state index is 0.154. The Hall–Kier alpha value is -2.02. The van der Waals surface area contributed by atoms with Gasteiger partial charge in [-0.15, -0.1) is 0 Å². The van der Waals surface area contributed by atoms with Crippen LogP contribution in [0.1, 0.15) is 155 Å². The number of carbonyl (C=O) groups excluding carboxylic acids is 2. The maximum absolute atomic E-state index is 12.9. The van der Waals surface area contributed by atoms with E-state index >= 15 is 0 Å². The van der Waals surface area contributed by atoms with Gasteiger partial charge in [0.25, 0.3) is 0 Å². The summed E-state index contributed by atoms with van der Waals surface area (Å²) >= 11 is 0. The predicted molar refractivity (Wildman–Crippen MR) is 224 cm³/mol. The van der Waals surface area contributed by atoms with Gasteiger partial charge >= 0.3 is 11.9 Å². The van der Waals surface area contributed by atoms with E-state index in [2.05, 4.69) is 38.2 Å². The van der Waals surface area contributed by atoms with E-state index in [-0.39, 0.29) is 26.1 Å². The van der Waals surface area contributed by atoms with Gasteiger partial charge in [-0.1, -0.05) is 109 Å². The maximum Gasteiger partial charge on any atom is 0.306 e. The third kappa shape index (κ3) is 22.4. The Bertz CT molecular complexity index is 1150. The quantitative estimate of drug-likeness (QED) is 0.0261. The molecule has 2 heterocycles. The van der Waals surface area contributed by atoms with Crippen LogP contribution in [0.3, 0.4) is 0 Å². The normalized spacial score (nSPS) is 27.8. The molecule has 7 N–H and O–H groups in total. The summed E-state index contributed by atoms with van der Waals surface area (Å²) in [5.41, 5.74) is 0. The van der Waals surface area contributed by atoms with Crippen molar-refractivity contribution in [3.05, 3.63) is 24.3 Å². The summed E-state index contributed by atoms with van der Waals surface area (Å²) in [4.78, 5) is 25.6. The van der Waals surface area contributed by atoms with Crippen molar-refractivity contribution in [1.82, 2.24) is 0 Å². The molecule has 0 radical (unpaired) electrons. The minimum Gasteiger partial charge on any atom is -0.462 e. The van der Waals surface area contributed by atoms with Crippen molar-refractivity contribution in [3.8, 4) is 0 Å². The molecule has 2 rings (SSSR count). The highest BCUT2D eigenvalue weighted by molar-refractivity contribution is 5.70. The zero-order valence-electron chi connectivity index (χ0n) is 36.4. The Kier molecular flexibility index (Phi) is 30.2. The molecule has 15 heteroatoms. The van der Waals surface area contributed by atoms with Crippen molar-refractivity contribution in [1.29, 1.82) is 0 Å².